The van der Waals surface area contributed by atoms with E-state index in [0.29, 0.717) is 0 Å². The molecule has 148 valence electrons. The van der Waals surface area contributed by atoms with Gasteiger partial charge in [-0.2, -0.15) is 5.10 Å². The van der Waals surface area contributed by atoms with Crippen molar-refractivity contribution >= 4 is 21.9 Å². The Labute approximate surface area is 176 Å². The monoisotopic (exact) mass is 405 g/mol. The molecule has 0 aliphatic rings. The van der Waals surface area contributed by atoms with E-state index in [-0.39, 0.29) is 5.82 Å². The van der Waals surface area contributed by atoms with Crippen molar-refractivity contribution in [1.29, 1.82) is 0 Å². The summed E-state index contributed by atoms with van der Waals surface area (Å²) in [5.74, 6) is -0.245. The zero-order chi connectivity index (χ0) is 20.8. The van der Waals surface area contributed by atoms with Crippen LogP contribution < -0.4 is 0 Å². The summed E-state index contributed by atoms with van der Waals surface area (Å²) in [5.41, 5.74) is 7.38. The van der Waals surface area contributed by atoms with Crippen LogP contribution in [0, 0.1) is 5.82 Å². The van der Waals surface area contributed by atoms with Gasteiger partial charge in [-0.25, -0.2) is 9.37 Å². The number of hydrogen-bond acceptors (Lipinski definition) is 3. The van der Waals surface area contributed by atoms with Crippen molar-refractivity contribution in [2.75, 3.05) is 0 Å². The molecule has 0 fully saturated rings. The molecule has 0 saturated carbocycles. The average molecular weight is 405 g/mol. The molecule has 2 aromatic carbocycles. The maximum atomic E-state index is 13.4. The van der Waals surface area contributed by atoms with Gasteiger partial charge in [0.1, 0.15) is 11.5 Å². The third kappa shape index (κ3) is 2.97. The Hall–Kier alpha value is -4.32. The van der Waals surface area contributed by atoms with E-state index >= 15 is 0 Å². The van der Waals surface area contributed by atoms with Gasteiger partial charge in [-0.1, -0.05) is 30.3 Å². The van der Waals surface area contributed by atoms with Crippen molar-refractivity contribution < 1.29 is 4.39 Å². The van der Waals surface area contributed by atoms with Crippen LogP contribution >= 0.6 is 0 Å². The second-order valence-corrected chi connectivity index (χ2v) is 7.39. The van der Waals surface area contributed by atoms with Gasteiger partial charge in [-0.3, -0.25) is 10.1 Å². The first-order chi connectivity index (χ1) is 15.3. The molecule has 0 aliphatic carbocycles. The van der Waals surface area contributed by atoms with E-state index in [1.807, 2.05) is 42.7 Å². The lowest BCUT2D eigenvalue weighted by molar-refractivity contribution is 0.628. The van der Waals surface area contributed by atoms with E-state index in [4.69, 9.17) is 0 Å². The van der Waals surface area contributed by atoms with Gasteiger partial charge in [-0.05, 0) is 47.5 Å². The molecular weight excluding hydrogens is 389 g/mol. The Morgan fingerprint density at radius 1 is 0.774 bits per heavy atom. The van der Waals surface area contributed by atoms with Crippen LogP contribution in [0.25, 0.3) is 55.6 Å². The molecule has 5 nitrogen and oxygen atoms in total. The number of H-pyrrole nitrogens is 2. The zero-order valence-electron chi connectivity index (χ0n) is 16.3. The third-order valence-electron chi connectivity index (χ3n) is 5.49. The highest BCUT2D eigenvalue weighted by Crippen LogP contribution is 2.34. The van der Waals surface area contributed by atoms with Crippen LogP contribution in [0.4, 0.5) is 4.39 Å². The minimum atomic E-state index is -0.245. The summed E-state index contributed by atoms with van der Waals surface area (Å²) in [5, 5.41) is 9.53. The smallest absolute Gasteiger partial charge is 0.155 e. The minimum Gasteiger partial charge on any atom is -0.353 e. The Balaban J connectivity index is 1.51. The minimum absolute atomic E-state index is 0.245. The molecule has 4 aromatic heterocycles. The van der Waals surface area contributed by atoms with Gasteiger partial charge in [0.25, 0.3) is 0 Å². The lowest BCUT2D eigenvalue weighted by Gasteiger charge is -2.03. The SMILES string of the molecule is Fc1ccc(-c2cccc3[nH]c(-c4n[nH]c5ncc(-c6cccnc6)cc45)cc23)cc1. The van der Waals surface area contributed by atoms with Gasteiger partial charge in [0, 0.05) is 46.0 Å². The summed E-state index contributed by atoms with van der Waals surface area (Å²) >= 11 is 0. The van der Waals surface area contributed by atoms with E-state index < -0.39 is 0 Å². The molecule has 0 saturated heterocycles. The third-order valence-corrected chi connectivity index (χ3v) is 5.49. The predicted molar refractivity (Wildman–Crippen MR) is 120 cm³/mol. The quantitative estimate of drug-likeness (QED) is 0.381. The molecule has 2 N–H and O–H groups in total. The van der Waals surface area contributed by atoms with Crippen molar-refractivity contribution in [3.63, 3.8) is 0 Å². The van der Waals surface area contributed by atoms with Crippen LogP contribution in [0.5, 0.6) is 0 Å². The summed E-state index contributed by atoms with van der Waals surface area (Å²) in [6, 6.07) is 20.7. The largest absolute Gasteiger partial charge is 0.353 e. The van der Waals surface area contributed by atoms with E-state index in [9.17, 15) is 4.39 Å². The van der Waals surface area contributed by atoms with E-state index in [2.05, 4.69) is 37.3 Å². The van der Waals surface area contributed by atoms with Crippen LogP contribution in [0.2, 0.25) is 0 Å². The highest BCUT2D eigenvalue weighted by atomic mass is 19.1. The number of hydrogen-bond donors (Lipinski definition) is 2. The molecule has 0 radical (unpaired) electrons. The van der Waals surface area contributed by atoms with Crippen molar-refractivity contribution in [3.8, 4) is 33.6 Å². The molecule has 0 unspecified atom stereocenters. The van der Waals surface area contributed by atoms with Crippen molar-refractivity contribution in [2.24, 2.45) is 0 Å². The number of halogens is 1. The molecule has 6 aromatic rings. The normalized spacial score (nSPS) is 11.4. The number of nitrogens with zero attached hydrogens (tertiary/aromatic N) is 3. The number of nitrogens with one attached hydrogen (secondary N) is 2. The summed E-state index contributed by atoms with van der Waals surface area (Å²) in [6.45, 7) is 0. The van der Waals surface area contributed by atoms with E-state index in [1.165, 1.54) is 12.1 Å². The van der Waals surface area contributed by atoms with E-state index in [1.54, 1.807) is 18.3 Å². The molecule has 4 heterocycles. The van der Waals surface area contributed by atoms with Crippen LogP contribution in [-0.4, -0.2) is 25.1 Å². The van der Waals surface area contributed by atoms with Crippen molar-refractivity contribution in [3.05, 3.63) is 91.1 Å². The first-order valence-electron chi connectivity index (χ1n) is 9.89. The fraction of sp³-hybridized carbons (Fsp3) is 0. The zero-order valence-corrected chi connectivity index (χ0v) is 16.3. The van der Waals surface area contributed by atoms with Crippen LogP contribution in [-0.2, 0) is 0 Å². The topological polar surface area (TPSA) is 70.2 Å². The highest BCUT2D eigenvalue weighted by molar-refractivity contribution is 6.01. The molecule has 6 rings (SSSR count). The fourth-order valence-electron chi connectivity index (χ4n) is 3.96. The van der Waals surface area contributed by atoms with Gasteiger partial charge >= 0.3 is 0 Å². The lowest BCUT2D eigenvalue weighted by Crippen LogP contribution is -1.83. The van der Waals surface area contributed by atoms with Crippen LogP contribution in [0.1, 0.15) is 0 Å². The average Bonchev–Trinajstić information content (AvgIpc) is 3.43. The Morgan fingerprint density at radius 2 is 1.68 bits per heavy atom. The Morgan fingerprint density at radius 3 is 2.52 bits per heavy atom. The number of aromatic nitrogens is 5. The van der Waals surface area contributed by atoms with Crippen molar-refractivity contribution in [2.45, 2.75) is 0 Å². The summed E-state index contributed by atoms with van der Waals surface area (Å²) in [4.78, 5) is 12.2. The maximum absolute atomic E-state index is 13.4. The van der Waals surface area contributed by atoms with Gasteiger partial charge in [0.15, 0.2) is 5.65 Å². The standard InChI is InChI=1S/C25H16FN5/c26-18-8-6-15(7-9-18)19-4-1-5-22-20(19)12-23(29-22)24-21-11-17(14-28-25(21)31-30-24)16-3-2-10-27-13-16/h1-14,29H,(H,28,30,31). The molecule has 0 amide bonds. The van der Waals surface area contributed by atoms with Crippen LogP contribution in [0.3, 0.4) is 0 Å². The van der Waals surface area contributed by atoms with Crippen molar-refractivity contribution in [1.82, 2.24) is 25.1 Å². The molecule has 6 heteroatoms. The fourth-order valence-corrected chi connectivity index (χ4v) is 3.96. The highest BCUT2D eigenvalue weighted by Gasteiger charge is 2.15. The maximum Gasteiger partial charge on any atom is 0.155 e. The Kier molecular flexibility index (Phi) is 3.89. The van der Waals surface area contributed by atoms with E-state index in [0.717, 1.165) is 55.6 Å². The number of aromatic amines is 2. The molecule has 0 bridgehead atoms. The van der Waals surface area contributed by atoms with Gasteiger partial charge < -0.3 is 4.98 Å². The predicted octanol–water partition coefficient (Wildman–Crippen LogP) is 5.97. The van der Waals surface area contributed by atoms with Gasteiger partial charge in [0.05, 0.1) is 5.69 Å². The first-order valence-corrected chi connectivity index (χ1v) is 9.89. The number of benzene rings is 2. The number of pyridine rings is 2. The number of rotatable bonds is 3. The van der Waals surface area contributed by atoms with Crippen LogP contribution in [0.15, 0.2) is 85.3 Å². The second kappa shape index (κ2) is 6.88. The summed E-state index contributed by atoms with van der Waals surface area (Å²) in [6.07, 6.45) is 5.39. The molecule has 0 aliphatic heterocycles. The van der Waals surface area contributed by atoms with Gasteiger partial charge in [-0.15, -0.1) is 0 Å². The molecule has 31 heavy (non-hydrogen) atoms. The first kappa shape index (κ1) is 17.5. The number of fused-ring (bicyclic) bond motifs is 2. The molecule has 0 atom stereocenters. The summed E-state index contributed by atoms with van der Waals surface area (Å²) in [7, 11) is 0. The Bertz CT molecular complexity index is 1530. The molecule has 0 spiro atoms. The lowest BCUT2D eigenvalue weighted by atomic mass is 10.0. The summed E-state index contributed by atoms with van der Waals surface area (Å²) < 4.78 is 13.4. The second-order valence-electron chi connectivity index (χ2n) is 7.39. The van der Waals surface area contributed by atoms with Gasteiger partial charge in [0.2, 0.25) is 0 Å². The molecular formula is C25H16FN5.